The Hall–Kier alpha value is -0.0200. The lowest BCUT2D eigenvalue weighted by Gasteiger charge is -2.55. The van der Waals surface area contributed by atoms with E-state index in [0.717, 1.165) is 56.9 Å². The molecule has 0 aromatic heterocycles. The van der Waals surface area contributed by atoms with Gasteiger partial charge in [-0.05, 0) is 118 Å². The number of hydrogen-bond donors (Lipinski definition) is 2. The zero-order valence-electron chi connectivity index (χ0n) is 24.1. The molecule has 0 unspecified atom stereocenters. The molecule has 6 nitrogen and oxygen atoms in total. The van der Waals surface area contributed by atoms with E-state index in [0.29, 0.717) is 17.7 Å². The number of alkyl halides is 1. The smallest absolute Gasteiger partial charge is 0.0924 e. The largest absolute Gasteiger partial charge is 0.390 e. The highest BCUT2D eigenvalue weighted by molar-refractivity contribution is 9.09. The normalized spacial score (nSPS) is 45.3. The van der Waals surface area contributed by atoms with Crippen molar-refractivity contribution in [1.29, 1.82) is 0 Å². The molecule has 4 heterocycles. The van der Waals surface area contributed by atoms with Crippen LogP contribution in [-0.4, -0.2) is 73.6 Å². The van der Waals surface area contributed by atoms with Crippen molar-refractivity contribution in [3.8, 4) is 0 Å². The fraction of sp³-hybridized carbons (Fsp3) is 0.933. The van der Waals surface area contributed by atoms with Gasteiger partial charge in [-0.3, -0.25) is 0 Å². The predicted octanol–water partition coefficient (Wildman–Crippen LogP) is 5.99. The molecule has 37 heavy (non-hydrogen) atoms. The monoisotopic (exact) mass is 586 g/mol. The molecule has 0 saturated carbocycles. The molecule has 0 aromatic carbocycles. The van der Waals surface area contributed by atoms with Crippen LogP contribution in [0.1, 0.15) is 113 Å². The average molecular weight is 588 g/mol. The molecule has 4 aliphatic rings. The van der Waals surface area contributed by atoms with Crippen molar-refractivity contribution >= 4 is 15.9 Å². The first-order valence-corrected chi connectivity index (χ1v) is 15.3. The second-order valence-electron chi connectivity index (χ2n) is 14.0. The summed E-state index contributed by atoms with van der Waals surface area (Å²) in [6.07, 6.45) is 7.74. The van der Waals surface area contributed by atoms with Crippen molar-refractivity contribution < 1.29 is 29.2 Å². The van der Waals surface area contributed by atoms with E-state index in [2.05, 4.69) is 50.2 Å². The summed E-state index contributed by atoms with van der Waals surface area (Å²) in [4.78, 5) is 0.357. The molecular weight excluding hydrogens is 536 g/mol. The third-order valence-corrected chi connectivity index (χ3v) is 11.4. The standard InChI is InChI=1S/C30H51BrO6/c1-19(9-11-22(32)28(6)17-14-23(36-28)26(2,3)33)20-10-12-24-29(7,35-20)18-15-25(34-24)30(8)16-13-21(31)27(4,5)37-30/h20-25,32-33H,1,9-18H2,2-8H3/t20-,21+,22-,23-,24+,25+,28-,29-,30-/m1/s1. The molecule has 0 bridgehead atoms. The van der Waals surface area contributed by atoms with Crippen molar-refractivity contribution in [2.24, 2.45) is 0 Å². The molecule has 9 atom stereocenters. The van der Waals surface area contributed by atoms with Crippen molar-refractivity contribution in [3.05, 3.63) is 12.2 Å². The molecule has 7 heteroatoms. The van der Waals surface area contributed by atoms with Crippen LogP contribution in [0.4, 0.5) is 0 Å². The molecular formula is C30H51BrO6. The molecule has 4 saturated heterocycles. The SMILES string of the molecule is C=C(CC[C@@H](O)[C@@]1(C)CC[C@H](C(C)(C)O)O1)[C@H]1CC[C@@H]2O[C@H]([C@@]3(C)CC[C@H](Br)C(C)(C)O3)CC[C@@]2(C)O1. The van der Waals surface area contributed by atoms with E-state index >= 15 is 0 Å². The van der Waals surface area contributed by atoms with Crippen molar-refractivity contribution in [1.82, 2.24) is 0 Å². The van der Waals surface area contributed by atoms with Crippen molar-refractivity contribution in [2.75, 3.05) is 0 Å². The number of aliphatic hydroxyl groups excluding tert-OH is 1. The zero-order valence-corrected chi connectivity index (χ0v) is 25.7. The highest BCUT2D eigenvalue weighted by Crippen LogP contribution is 2.48. The maximum Gasteiger partial charge on any atom is 0.0924 e. The summed E-state index contributed by atoms with van der Waals surface area (Å²) in [6.45, 7) is 18.6. The number of aliphatic hydroxyl groups is 2. The first-order chi connectivity index (χ1) is 17.0. The third kappa shape index (κ3) is 6.18. The van der Waals surface area contributed by atoms with E-state index < -0.39 is 17.3 Å². The van der Waals surface area contributed by atoms with Gasteiger partial charge in [0.05, 0.1) is 58.5 Å². The number of halogens is 1. The Morgan fingerprint density at radius 2 is 1.59 bits per heavy atom. The topological polar surface area (TPSA) is 77.4 Å². The summed E-state index contributed by atoms with van der Waals surface area (Å²) in [5.41, 5.74) is -1.34. The minimum atomic E-state index is -0.906. The van der Waals surface area contributed by atoms with E-state index in [1.807, 2.05) is 6.92 Å². The van der Waals surface area contributed by atoms with Crippen LogP contribution in [0.15, 0.2) is 12.2 Å². The summed E-state index contributed by atoms with van der Waals surface area (Å²) in [5.74, 6) is 0. The van der Waals surface area contributed by atoms with Gasteiger partial charge in [0.2, 0.25) is 0 Å². The second-order valence-corrected chi connectivity index (χ2v) is 15.1. The molecule has 0 aromatic rings. The summed E-state index contributed by atoms with van der Waals surface area (Å²) < 4.78 is 26.2. The van der Waals surface area contributed by atoms with E-state index in [-0.39, 0.29) is 41.2 Å². The molecule has 4 fully saturated rings. The fourth-order valence-corrected chi connectivity index (χ4v) is 7.34. The Morgan fingerprint density at radius 1 is 0.946 bits per heavy atom. The van der Waals surface area contributed by atoms with Crippen LogP contribution in [-0.2, 0) is 18.9 Å². The first-order valence-electron chi connectivity index (χ1n) is 14.4. The molecule has 214 valence electrons. The Bertz CT molecular complexity index is 840. The quantitative estimate of drug-likeness (QED) is 0.282. The maximum atomic E-state index is 11.0. The highest BCUT2D eigenvalue weighted by Gasteiger charge is 2.54. The molecule has 4 aliphatic heterocycles. The summed E-state index contributed by atoms with van der Waals surface area (Å²) in [5, 5.41) is 21.3. The van der Waals surface area contributed by atoms with Gasteiger partial charge in [0.25, 0.3) is 0 Å². The Morgan fingerprint density at radius 3 is 2.22 bits per heavy atom. The minimum absolute atomic E-state index is 0.0235. The second kappa shape index (κ2) is 10.4. The van der Waals surface area contributed by atoms with Gasteiger partial charge in [0.1, 0.15) is 0 Å². The van der Waals surface area contributed by atoms with Crippen LogP contribution in [0.2, 0.25) is 0 Å². The molecule has 4 rings (SSSR count). The number of hydrogen-bond acceptors (Lipinski definition) is 6. The first kappa shape index (κ1) is 30.0. The molecule has 0 spiro atoms. The van der Waals surface area contributed by atoms with Gasteiger partial charge in [0, 0.05) is 4.83 Å². The van der Waals surface area contributed by atoms with E-state index in [1.54, 1.807) is 13.8 Å². The molecule has 0 aliphatic carbocycles. The summed E-state index contributed by atoms with van der Waals surface area (Å²) in [7, 11) is 0. The van der Waals surface area contributed by atoms with Crippen LogP contribution in [0.5, 0.6) is 0 Å². The van der Waals surface area contributed by atoms with E-state index in [9.17, 15) is 10.2 Å². The number of ether oxygens (including phenoxy) is 4. The predicted molar refractivity (Wildman–Crippen MR) is 149 cm³/mol. The summed E-state index contributed by atoms with van der Waals surface area (Å²) >= 11 is 3.80. The molecule has 0 radical (unpaired) electrons. The number of fused-ring (bicyclic) bond motifs is 1. The average Bonchev–Trinajstić information content (AvgIpc) is 3.22. The maximum absolute atomic E-state index is 11.0. The molecule has 0 amide bonds. The molecule has 2 N–H and O–H groups in total. The minimum Gasteiger partial charge on any atom is -0.390 e. The van der Waals surface area contributed by atoms with Gasteiger partial charge in [-0.2, -0.15) is 0 Å². The number of rotatable bonds is 7. The van der Waals surface area contributed by atoms with Crippen molar-refractivity contribution in [3.63, 3.8) is 0 Å². The van der Waals surface area contributed by atoms with Crippen LogP contribution < -0.4 is 0 Å². The van der Waals surface area contributed by atoms with Crippen molar-refractivity contribution in [2.45, 2.75) is 176 Å². The van der Waals surface area contributed by atoms with Gasteiger partial charge < -0.3 is 29.2 Å². The van der Waals surface area contributed by atoms with E-state index in [1.165, 1.54) is 0 Å². The van der Waals surface area contributed by atoms with Gasteiger partial charge >= 0.3 is 0 Å². The van der Waals surface area contributed by atoms with Gasteiger partial charge in [-0.1, -0.05) is 22.5 Å². The lowest BCUT2D eigenvalue weighted by molar-refractivity contribution is -0.285. The van der Waals surface area contributed by atoms with Crippen LogP contribution in [0.3, 0.4) is 0 Å². The Labute approximate surface area is 233 Å². The van der Waals surface area contributed by atoms with Crippen LogP contribution in [0.25, 0.3) is 0 Å². The fourth-order valence-electron chi connectivity index (χ4n) is 7.02. The van der Waals surface area contributed by atoms with Crippen LogP contribution in [0, 0.1) is 0 Å². The van der Waals surface area contributed by atoms with E-state index in [4.69, 9.17) is 18.9 Å². The van der Waals surface area contributed by atoms with Crippen LogP contribution >= 0.6 is 15.9 Å². The lowest BCUT2D eigenvalue weighted by Crippen LogP contribution is -2.62. The van der Waals surface area contributed by atoms with Gasteiger partial charge in [-0.15, -0.1) is 0 Å². The highest BCUT2D eigenvalue weighted by atomic mass is 79.9. The third-order valence-electron chi connectivity index (χ3n) is 9.84. The zero-order chi connectivity index (χ0) is 27.4. The Kier molecular flexibility index (Phi) is 8.44. The van der Waals surface area contributed by atoms with Gasteiger partial charge in [-0.25, -0.2) is 0 Å². The van der Waals surface area contributed by atoms with Gasteiger partial charge in [0.15, 0.2) is 0 Å². The Balaban J connectivity index is 1.29. The lowest BCUT2D eigenvalue weighted by atomic mass is 9.76. The summed E-state index contributed by atoms with van der Waals surface area (Å²) in [6, 6.07) is 0.